The van der Waals surface area contributed by atoms with Gasteiger partial charge in [-0.1, -0.05) is 35.5 Å². The summed E-state index contributed by atoms with van der Waals surface area (Å²) in [5.41, 5.74) is 3.34. The summed E-state index contributed by atoms with van der Waals surface area (Å²) in [4.78, 5) is 6.65. The second kappa shape index (κ2) is 9.54. The monoisotopic (exact) mass is 428 g/mol. The largest absolute Gasteiger partial charge is 0.361 e. The lowest BCUT2D eigenvalue weighted by Crippen LogP contribution is -2.37. The van der Waals surface area contributed by atoms with Gasteiger partial charge < -0.3 is 14.7 Å². The van der Waals surface area contributed by atoms with Gasteiger partial charge in [-0.05, 0) is 25.8 Å². The highest BCUT2D eigenvalue weighted by Gasteiger charge is 2.09. The molecular formula is C17H25IN4O. The van der Waals surface area contributed by atoms with E-state index < -0.39 is 0 Å². The van der Waals surface area contributed by atoms with Crippen molar-refractivity contribution in [3.05, 3.63) is 52.9 Å². The van der Waals surface area contributed by atoms with Gasteiger partial charge in [-0.3, -0.25) is 0 Å². The van der Waals surface area contributed by atoms with Crippen LogP contribution in [0.4, 0.5) is 0 Å². The van der Waals surface area contributed by atoms with E-state index in [-0.39, 0.29) is 24.0 Å². The first-order valence-electron chi connectivity index (χ1n) is 7.49. The first-order valence-corrected chi connectivity index (χ1v) is 7.49. The van der Waals surface area contributed by atoms with Crippen LogP contribution in [0.2, 0.25) is 0 Å². The zero-order valence-corrected chi connectivity index (χ0v) is 16.5. The zero-order chi connectivity index (χ0) is 15.9. The maximum absolute atomic E-state index is 5.19. The van der Waals surface area contributed by atoms with Crippen molar-refractivity contribution >= 4 is 29.9 Å². The summed E-state index contributed by atoms with van der Waals surface area (Å²) in [5, 5.41) is 7.37. The Morgan fingerprint density at radius 1 is 1.22 bits per heavy atom. The summed E-state index contributed by atoms with van der Waals surface area (Å²) >= 11 is 0. The van der Waals surface area contributed by atoms with E-state index in [0.29, 0.717) is 6.54 Å². The first-order chi connectivity index (χ1) is 10.6. The lowest BCUT2D eigenvalue weighted by Gasteiger charge is -2.17. The number of aliphatic imine (C=N–C) groups is 1. The molecule has 0 saturated carbocycles. The summed E-state index contributed by atoms with van der Waals surface area (Å²) in [5.74, 6) is 1.78. The highest BCUT2D eigenvalue weighted by Crippen LogP contribution is 2.12. The molecule has 1 aromatic carbocycles. The van der Waals surface area contributed by atoms with E-state index in [2.05, 4.69) is 27.6 Å². The molecule has 0 radical (unpaired) electrons. The van der Waals surface area contributed by atoms with E-state index in [4.69, 9.17) is 4.52 Å². The van der Waals surface area contributed by atoms with Crippen LogP contribution in [-0.4, -0.2) is 36.7 Å². The number of rotatable bonds is 5. The van der Waals surface area contributed by atoms with Crippen molar-refractivity contribution in [2.24, 2.45) is 4.99 Å². The van der Waals surface area contributed by atoms with Crippen LogP contribution in [0.1, 0.15) is 22.6 Å². The number of hydrogen-bond acceptors (Lipinski definition) is 3. The topological polar surface area (TPSA) is 53.7 Å². The van der Waals surface area contributed by atoms with E-state index in [0.717, 1.165) is 30.4 Å². The fraction of sp³-hybridized carbons (Fsp3) is 0.412. The van der Waals surface area contributed by atoms with Crippen LogP contribution >= 0.6 is 24.0 Å². The standard InChI is InChI=1S/C17H24N4O.HI/c1-13-16(14(2)22-20-13)10-11-18-17(21(3)4)19-12-15-8-6-5-7-9-15;/h5-9H,10-12H2,1-4H3,(H,18,19);1H. The fourth-order valence-corrected chi connectivity index (χ4v) is 2.26. The number of aryl methyl sites for hydroxylation is 2. The summed E-state index contributed by atoms with van der Waals surface area (Å²) in [6.07, 6.45) is 0.874. The summed E-state index contributed by atoms with van der Waals surface area (Å²) in [7, 11) is 3.99. The van der Waals surface area contributed by atoms with Crippen molar-refractivity contribution in [2.45, 2.75) is 26.8 Å². The summed E-state index contributed by atoms with van der Waals surface area (Å²) < 4.78 is 5.19. The van der Waals surface area contributed by atoms with Crippen LogP contribution in [0, 0.1) is 13.8 Å². The van der Waals surface area contributed by atoms with Crippen LogP contribution in [0.25, 0.3) is 0 Å². The van der Waals surface area contributed by atoms with Gasteiger partial charge in [0.25, 0.3) is 0 Å². The fourth-order valence-electron chi connectivity index (χ4n) is 2.26. The van der Waals surface area contributed by atoms with Gasteiger partial charge in [0.1, 0.15) is 5.76 Å². The minimum atomic E-state index is 0. The smallest absolute Gasteiger partial charge is 0.193 e. The molecule has 0 unspecified atom stereocenters. The Morgan fingerprint density at radius 2 is 1.91 bits per heavy atom. The molecule has 1 aromatic heterocycles. The maximum atomic E-state index is 5.19. The highest BCUT2D eigenvalue weighted by atomic mass is 127. The molecule has 0 aliphatic rings. The van der Waals surface area contributed by atoms with Crippen LogP contribution in [0.5, 0.6) is 0 Å². The quantitative estimate of drug-likeness (QED) is 0.452. The Labute approximate surface area is 155 Å². The van der Waals surface area contributed by atoms with Crippen molar-refractivity contribution in [1.29, 1.82) is 0 Å². The third-order valence-electron chi connectivity index (χ3n) is 3.52. The number of benzene rings is 1. The van der Waals surface area contributed by atoms with E-state index in [1.807, 2.05) is 51.0 Å². The van der Waals surface area contributed by atoms with E-state index >= 15 is 0 Å². The van der Waals surface area contributed by atoms with Crippen molar-refractivity contribution in [3.63, 3.8) is 0 Å². The van der Waals surface area contributed by atoms with Crippen molar-refractivity contribution in [3.8, 4) is 0 Å². The molecular weight excluding hydrogens is 403 g/mol. The third kappa shape index (κ3) is 5.85. The lowest BCUT2D eigenvalue weighted by atomic mass is 10.1. The zero-order valence-electron chi connectivity index (χ0n) is 14.2. The minimum absolute atomic E-state index is 0. The SMILES string of the molecule is Cc1noc(C)c1CCNC(=NCc1ccccc1)N(C)C.I. The predicted octanol–water partition coefficient (Wildman–Crippen LogP) is 3.16. The molecule has 2 aromatic rings. The normalized spacial score (nSPS) is 11.0. The van der Waals surface area contributed by atoms with Gasteiger partial charge in [-0.2, -0.15) is 0 Å². The van der Waals surface area contributed by atoms with Crippen LogP contribution in [-0.2, 0) is 13.0 Å². The lowest BCUT2D eigenvalue weighted by molar-refractivity contribution is 0.392. The third-order valence-corrected chi connectivity index (χ3v) is 3.52. The van der Waals surface area contributed by atoms with E-state index in [1.54, 1.807) is 0 Å². The molecule has 5 nitrogen and oxygen atoms in total. The van der Waals surface area contributed by atoms with E-state index in [1.165, 1.54) is 11.1 Å². The number of nitrogens with zero attached hydrogens (tertiary/aromatic N) is 3. The Balaban J connectivity index is 0.00000264. The molecule has 6 heteroatoms. The Bertz CT molecular complexity index is 603. The summed E-state index contributed by atoms with van der Waals surface area (Å²) in [6, 6.07) is 10.2. The first kappa shape index (κ1) is 19.5. The molecule has 0 fully saturated rings. The molecule has 0 aliphatic heterocycles. The van der Waals surface area contributed by atoms with Crippen LogP contribution < -0.4 is 5.32 Å². The average Bonchev–Trinajstić information content (AvgIpc) is 2.83. The van der Waals surface area contributed by atoms with E-state index in [9.17, 15) is 0 Å². The molecule has 2 rings (SSSR count). The van der Waals surface area contributed by atoms with Crippen molar-refractivity contribution < 1.29 is 4.52 Å². The maximum Gasteiger partial charge on any atom is 0.193 e. The second-order valence-corrected chi connectivity index (χ2v) is 5.50. The van der Waals surface area contributed by atoms with Gasteiger partial charge in [0.05, 0.1) is 12.2 Å². The van der Waals surface area contributed by atoms with Gasteiger partial charge in [0, 0.05) is 26.2 Å². The Kier molecular flexibility index (Phi) is 8.08. The van der Waals surface area contributed by atoms with Crippen molar-refractivity contribution in [1.82, 2.24) is 15.4 Å². The molecule has 126 valence electrons. The number of guanidine groups is 1. The number of halogens is 1. The molecule has 0 spiro atoms. The Morgan fingerprint density at radius 3 is 2.48 bits per heavy atom. The minimum Gasteiger partial charge on any atom is -0.361 e. The molecule has 0 atom stereocenters. The molecule has 0 saturated heterocycles. The van der Waals surface area contributed by atoms with Crippen molar-refractivity contribution in [2.75, 3.05) is 20.6 Å². The molecule has 0 amide bonds. The molecule has 23 heavy (non-hydrogen) atoms. The number of nitrogens with one attached hydrogen (secondary N) is 1. The predicted molar refractivity (Wildman–Crippen MR) is 104 cm³/mol. The summed E-state index contributed by atoms with van der Waals surface area (Å²) in [6.45, 7) is 5.40. The van der Waals surface area contributed by atoms with Gasteiger partial charge in [0.2, 0.25) is 0 Å². The molecule has 0 aliphatic carbocycles. The Hall–Kier alpha value is -1.57. The molecule has 1 N–H and O–H groups in total. The number of aromatic nitrogens is 1. The molecule has 1 heterocycles. The second-order valence-electron chi connectivity index (χ2n) is 5.50. The number of hydrogen-bond donors (Lipinski definition) is 1. The highest BCUT2D eigenvalue weighted by molar-refractivity contribution is 14.0. The van der Waals surface area contributed by atoms with Gasteiger partial charge in [0.15, 0.2) is 5.96 Å². The van der Waals surface area contributed by atoms with Gasteiger partial charge >= 0.3 is 0 Å². The van der Waals surface area contributed by atoms with Crippen LogP contribution in [0.3, 0.4) is 0 Å². The van der Waals surface area contributed by atoms with Gasteiger partial charge in [-0.25, -0.2) is 4.99 Å². The molecule has 0 bridgehead atoms. The van der Waals surface area contributed by atoms with Crippen LogP contribution in [0.15, 0.2) is 39.8 Å². The van der Waals surface area contributed by atoms with Gasteiger partial charge in [-0.15, -0.1) is 24.0 Å². The average molecular weight is 428 g/mol.